The van der Waals surface area contributed by atoms with Gasteiger partial charge in [0.05, 0.1) is 0 Å². The maximum atomic E-state index is 7.97. The Morgan fingerprint density at radius 2 is 0.583 bits per heavy atom. The van der Waals surface area contributed by atoms with E-state index in [9.17, 15) is 0 Å². The van der Waals surface area contributed by atoms with Gasteiger partial charge in [-0.05, 0) is 75.5 Å². The Morgan fingerprint density at radius 1 is 0.389 bits per heavy atom. The van der Waals surface area contributed by atoms with Crippen LogP contribution < -0.4 is 0 Å². The molecule has 36 heavy (non-hydrogen) atoms. The third kappa shape index (κ3) is 6.05. The second-order valence-electron chi connectivity index (χ2n) is 13.2. The number of hydrogen-bond donors (Lipinski definition) is 0. The van der Waals surface area contributed by atoms with Gasteiger partial charge in [0.2, 0.25) is 0 Å². The van der Waals surface area contributed by atoms with Crippen LogP contribution in [0, 0.1) is 0 Å². The smallest absolute Gasteiger partial charge is 0.323 e. The summed E-state index contributed by atoms with van der Waals surface area (Å²) in [5.74, 6) is 0. The van der Waals surface area contributed by atoms with E-state index in [0.717, 1.165) is 0 Å². The van der Waals surface area contributed by atoms with Crippen LogP contribution in [-0.4, -0.2) is 34.2 Å². The normalized spacial score (nSPS) is 39.7. The van der Waals surface area contributed by atoms with E-state index >= 15 is 0 Å². The molecule has 5 fully saturated rings. The van der Waals surface area contributed by atoms with Crippen LogP contribution in [0.3, 0.4) is 0 Å². The molecular formula is C28H56O4Si4. The van der Waals surface area contributed by atoms with Crippen molar-refractivity contribution in [3.63, 3.8) is 0 Å². The molecule has 0 unspecified atom stereocenters. The summed E-state index contributed by atoms with van der Waals surface area (Å²) in [7, 11) is -9.53. The Kier molecular flexibility index (Phi) is 9.16. The molecule has 4 aliphatic carbocycles. The van der Waals surface area contributed by atoms with Crippen LogP contribution in [0.5, 0.6) is 0 Å². The van der Waals surface area contributed by atoms with E-state index in [-0.39, 0.29) is 0 Å². The summed E-state index contributed by atoms with van der Waals surface area (Å²) in [5.41, 5.74) is 2.84. The third-order valence-electron chi connectivity index (χ3n) is 9.69. The topological polar surface area (TPSA) is 36.9 Å². The van der Waals surface area contributed by atoms with Crippen LogP contribution >= 0.6 is 0 Å². The van der Waals surface area contributed by atoms with Gasteiger partial charge in [-0.15, -0.1) is 0 Å². The zero-order chi connectivity index (χ0) is 25.3. The minimum atomic E-state index is -2.38. The second-order valence-corrected chi connectivity index (χ2v) is 28.2. The molecule has 208 valence electrons. The summed E-state index contributed by atoms with van der Waals surface area (Å²) in [5, 5.41) is 0. The molecule has 0 bridgehead atoms. The fourth-order valence-corrected chi connectivity index (χ4v) is 36.3. The van der Waals surface area contributed by atoms with Crippen molar-refractivity contribution in [3.05, 3.63) is 0 Å². The molecule has 0 radical (unpaired) electrons. The molecule has 0 aromatic heterocycles. The van der Waals surface area contributed by atoms with Crippen LogP contribution in [0.4, 0.5) is 0 Å². The summed E-state index contributed by atoms with van der Waals surface area (Å²) >= 11 is 0. The first-order chi connectivity index (χ1) is 17.5. The van der Waals surface area contributed by atoms with Gasteiger partial charge in [-0.1, -0.05) is 79.1 Å². The first-order valence-electron chi connectivity index (χ1n) is 16.3. The van der Waals surface area contributed by atoms with Crippen LogP contribution in [0.1, 0.15) is 130 Å². The van der Waals surface area contributed by atoms with Crippen molar-refractivity contribution in [2.24, 2.45) is 0 Å². The average molecular weight is 569 g/mol. The predicted molar refractivity (Wildman–Crippen MR) is 158 cm³/mol. The van der Waals surface area contributed by atoms with Gasteiger partial charge in [-0.25, -0.2) is 0 Å². The molecule has 0 aromatic rings. The van der Waals surface area contributed by atoms with Gasteiger partial charge in [0, 0.05) is 22.2 Å². The lowest BCUT2D eigenvalue weighted by Crippen LogP contribution is -2.71. The number of hydrogen-bond acceptors (Lipinski definition) is 4. The molecule has 4 nitrogen and oxygen atoms in total. The second kappa shape index (κ2) is 11.7. The fourth-order valence-electron chi connectivity index (χ4n) is 6.93. The highest BCUT2D eigenvalue weighted by Gasteiger charge is 2.72. The van der Waals surface area contributed by atoms with Crippen LogP contribution in [-0.2, 0) is 16.5 Å². The van der Waals surface area contributed by atoms with Crippen molar-refractivity contribution >= 4 is 34.2 Å². The third-order valence-corrected chi connectivity index (χ3v) is 32.2. The minimum Gasteiger partial charge on any atom is -0.415 e. The van der Waals surface area contributed by atoms with Gasteiger partial charge < -0.3 is 16.5 Å². The SMILES string of the molecule is CCCC[Si]1(C2CC2)O[Si](CCCC)(C2CC2)O[Si](CCCC)(C2CC2)O[Si](CCCC)(C2CC2)O1. The van der Waals surface area contributed by atoms with Gasteiger partial charge in [0.25, 0.3) is 0 Å². The predicted octanol–water partition coefficient (Wildman–Crippen LogP) is 9.69. The van der Waals surface area contributed by atoms with Crippen LogP contribution in [0.15, 0.2) is 0 Å². The standard InChI is InChI=1S/C28H56O4Si4/c1-5-9-21-33(25-13-14-25)29-34(22-10-6-2,26-15-16-26)31-36(24-12-8-4,28-19-20-28)32-35(30-33,23-11-7-3)27-17-18-27/h25-28H,5-24H2,1-4H3. The highest BCUT2D eigenvalue weighted by atomic mass is 28.5. The Bertz CT molecular complexity index is 592. The molecule has 0 atom stereocenters. The minimum absolute atomic E-state index is 0.710. The molecule has 1 heterocycles. The van der Waals surface area contributed by atoms with Crippen molar-refractivity contribution in [1.29, 1.82) is 0 Å². The van der Waals surface area contributed by atoms with Gasteiger partial charge in [-0.2, -0.15) is 0 Å². The molecule has 8 heteroatoms. The fraction of sp³-hybridized carbons (Fsp3) is 1.00. The Labute approximate surface area is 227 Å². The maximum absolute atomic E-state index is 7.97. The largest absolute Gasteiger partial charge is 0.415 e. The number of rotatable bonds is 16. The number of unbranched alkanes of at least 4 members (excludes halogenated alkanes) is 4. The molecular weight excluding hydrogens is 513 g/mol. The molecule has 1 aliphatic heterocycles. The van der Waals surface area contributed by atoms with E-state index in [1.807, 2.05) is 0 Å². The lowest BCUT2D eigenvalue weighted by atomic mass is 10.4. The summed E-state index contributed by atoms with van der Waals surface area (Å²) in [6, 6.07) is 4.81. The molecule has 5 aliphatic rings. The van der Waals surface area contributed by atoms with E-state index < -0.39 is 34.2 Å². The Hall–Kier alpha value is 0.708. The van der Waals surface area contributed by atoms with Crippen LogP contribution in [0.25, 0.3) is 0 Å². The first-order valence-corrected chi connectivity index (χ1v) is 24.7. The van der Waals surface area contributed by atoms with Gasteiger partial charge in [0.15, 0.2) is 0 Å². The van der Waals surface area contributed by atoms with Gasteiger partial charge >= 0.3 is 34.2 Å². The summed E-state index contributed by atoms with van der Waals surface area (Å²) < 4.78 is 31.9. The quantitative estimate of drug-likeness (QED) is 0.174. The van der Waals surface area contributed by atoms with Crippen molar-refractivity contribution in [2.45, 2.75) is 177 Å². The molecule has 4 saturated carbocycles. The van der Waals surface area contributed by atoms with Crippen LogP contribution in [0.2, 0.25) is 46.3 Å². The average Bonchev–Trinajstić information content (AvgIpc) is 3.68. The Balaban J connectivity index is 1.60. The summed E-state index contributed by atoms with van der Waals surface area (Å²) in [6.45, 7) is 9.41. The molecule has 5 rings (SSSR count). The van der Waals surface area contributed by atoms with E-state index in [1.54, 1.807) is 0 Å². The zero-order valence-electron chi connectivity index (χ0n) is 24.1. The molecule has 0 aromatic carbocycles. The Morgan fingerprint density at radius 3 is 0.722 bits per heavy atom. The van der Waals surface area contributed by atoms with Crippen molar-refractivity contribution in [3.8, 4) is 0 Å². The monoisotopic (exact) mass is 568 g/mol. The van der Waals surface area contributed by atoms with Crippen molar-refractivity contribution in [1.82, 2.24) is 0 Å². The first kappa shape index (κ1) is 28.2. The lowest BCUT2D eigenvalue weighted by Gasteiger charge is -2.55. The van der Waals surface area contributed by atoms with Gasteiger partial charge in [-0.3, -0.25) is 0 Å². The zero-order valence-corrected chi connectivity index (χ0v) is 28.1. The summed E-state index contributed by atoms with van der Waals surface area (Å²) in [4.78, 5) is 0. The van der Waals surface area contributed by atoms with E-state index in [1.165, 1.54) is 127 Å². The molecule has 0 spiro atoms. The van der Waals surface area contributed by atoms with E-state index in [4.69, 9.17) is 16.5 Å². The molecule has 0 amide bonds. The van der Waals surface area contributed by atoms with E-state index in [0.29, 0.717) is 22.2 Å². The van der Waals surface area contributed by atoms with Crippen molar-refractivity contribution in [2.75, 3.05) is 0 Å². The highest BCUT2D eigenvalue weighted by Crippen LogP contribution is 2.63. The maximum Gasteiger partial charge on any atom is 0.323 e. The lowest BCUT2D eigenvalue weighted by molar-refractivity contribution is 0.200. The van der Waals surface area contributed by atoms with Gasteiger partial charge in [0.1, 0.15) is 0 Å². The van der Waals surface area contributed by atoms with Crippen molar-refractivity contribution < 1.29 is 16.5 Å². The molecule has 0 N–H and O–H groups in total. The van der Waals surface area contributed by atoms with E-state index in [2.05, 4.69) is 27.7 Å². The molecule has 1 saturated heterocycles. The summed E-state index contributed by atoms with van der Waals surface area (Å²) in [6.07, 6.45) is 20.7. The highest BCUT2D eigenvalue weighted by molar-refractivity contribution is 6.97.